The van der Waals surface area contributed by atoms with Crippen LogP contribution in [0.1, 0.15) is 6.92 Å². The number of hydrogen-bond acceptors (Lipinski definition) is 4. The summed E-state index contributed by atoms with van der Waals surface area (Å²) < 4.78 is 4.46. The van der Waals surface area contributed by atoms with Gasteiger partial charge < -0.3 is 15.2 Å². The number of terminal acetylenes is 1. The number of carboxylic acid groups (broad SMARTS) is 1. The SMILES string of the molecule is C#CC(C)NC(=O)NC(=O)COCC(=O)O. The van der Waals surface area contributed by atoms with Crippen molar-refractivity contribution in [3.63, 3.8) is 0 Å². The number of rotatable bonds is 5. The molecule has 0 aliphatic carbocycles. The van der Waals surface area contributed by atoms with E-state index < -0.39 is 37.2 Å². The zero-order chi connectivity index (χ0) is 12.6. The number of amides is 3. The quantitative estimate of drug-likeness (QED) is 0.520. The van der Waals surface area contributed by atoms with Crippen LogP contribution >= 0.6 is 0 Å². The van der Waals surface area contributed by atoms with Crippen molar-refractivity contribution in [3.05, 3.63) is 0 Å². The predicted molar refractivity (Wildman–Crippen MR) is 53.4 cm³/mol. The number of imide groups is 1. The Morgan fingerprint density at radius 2 is 2.06 bits per heavy atom. The van der Waals surface area contributed by atoms with Crippen molar-refractivity contribution < 1.29 is 24.2 Å². The second kappa shape index (κ2) is 7.25. The van der Waals surface area contributed by atoms with Crippen molar-refractivity contribution in [1.29, 1.82) is 0 Å². The summed E-state index contributed by atoms with van der Waals surface area (Å²) in [6, 6.07) is -1.26. The van der Waals surface area contributed by atoms with E-state index in [0.29, 0.717) is 0 Å². The normalized spacial score (nSPS) is 11.0. The topological polar surface area (TPSA) is 105 Å². The van der Waals surface area contributed by atoms with Crippen molar-refractivity contribution >= 4 is 17.9 Å². The predicted octanol–water partition coefficient (Wildman–Crippen LogP) is -1.06. The highest BCUT2D eigenvalue weighted by molar-refractivity contribution is 5.95. The Labute approximate surface area is 92.2 Å². The molecule has 1 unspecified atom stereocenters. The van der Waals surface area contributed by atoms with Gasteiger partial charge in [-0.1, -0.05) is 5.92 Å². The highest BCUT2D eigenvalue weighted by Crippen LogP contribution is 1.79. The van der Waals surface area contributed by atoms with Gasteiger partial charge in [-0.05, 0) is 6.92 Å². The van der Waals surface area contributed by atoms with Crippen LogP contribution in [0.5, 0.6) is 0 Å². The molecule has 0 spiro atoms. The van der Waals surface area contributed by atoms with Gasteiger partial charge in [0.1, 0.15) is 13.2 Å². The lowest BCUT2D eigenvalue weighted by Crippen LogP contribution is -2.44. The molecule has 88 valence electrons. The van der Waals surface area contributed by atoms with Crippen LogP contribution < -0.4 is 10.6 Å². The van der Waals surface area contributed by atoms with Crippen molar-refractivity contribution in [2.24, 2.45) is 0 Å². The smallest absolute Gasteiger partial charge is 0.329 e. The maximum absolute atomic E-state index is 11.0. The van der Waals surface area contributed by atoms with Gasteiger partial charge in [-0.25, -0.2) is 9.59 Å². The minimum absolute atomic E-state index is 0.507. The molecule has 3 amide bonds. The first-order valence-corrected chi connectivity index (χ1v) is 4.31. The summed E-state index contributed by atoms with van der Waals surface area (Å²) in [6.07, 6.45) is 5.00. The third kappa shape index (κ3) is 7.34. The summed E-state index contributed by atoms with van der Waals surface area (Å²) in [7, 11) is 0. The van der Waals surface area contributed by atoms with Crippen LogP contribution in [0.3, 0.4) is 0 Å². The largest absolute Gasteiger partial charge is 0.480 e. The molecule has 0 aromatic heterocycles. The number of nitrogens with one attached hydrogen (secondary N) is 2. The van der Waals surface area contributed by atoms with E-state index in [9.17, 15) is 14.4 Å². The van der Waals surface area contributed by atoms with E-state index in [-0.39, 0.29) is 0 Å². The van der Waals surface area contributed by atoms with Crippen LogP contribution in [0.25, 0.3) is 0 Å². The lowest BCUT2D eigenvalue weighted by atomic mass is 10.4. The molecule has 0 saturated carbocycles. The van der Waals surface area contributed by atoms with Gasteiger partial charge in [0, 0.05) is 0 Å². The lowest BCUT2D eigenvalue weighted by molar-refractivity contribution is -0.143. The second-order valence-corrected chi connectivity index (χ2v) is 2.80. The molecule has 0 aliphatic heterocycles. The number of ether oxygens (including phenoxy) is 1. The van der Waals surface area contributed by atoms with Crippen LogP contribution in [0.15, 0.2) is 0 Å². The fourth-order valence-electron chi connectivity index (χ4n) is 0.668. The average Bonchev–Trinajstić information content (AvgIpc) is 2.16. The number of hydrogen-bond donors (Lipinski definition) is 3. The zero-order valence-corrected chi connectivity index (χ0v) is 8.65. The molecule has 0 aromatic carbocycles. The minimum atomic E-state index is -1.20. The van der Waals surface area contributed by atoms with E-state index in [0.717, 1.165) is 0 Å². The van der Waals surface area contributed by atoms with Crippen molar-refractivity contribution in [3.8, 4) is 12.3 Å². The summed E-state index contributed by atoms with van der Waals surface area (Å²) in [4.78, 5) is 32.0. The number of carbonyl (C=O) groups is 3. The van der Waals surface area contributed by atoms with Gasteiger partial charge >= 0.3 is 12.0 Å². The fraction of sp³-hybridized carbons (Fsp3) is 0.444. The van der Waals surface area contributed by atoms with Gasteiger partial charge in [0.25, 0.3) is 5.91 Å². The van der Waals surface area contributed by atoms with E-state index in [4.69, 9.17) is 11.5 Å². The fourth-order valence-corrected chi connectivity index (χ4v) is 0.668. The van der Waals surface area contributed by atoms with Gasteiger partial charge in [-0.2, -0.15) is 0 Å². The molecule has 0 heterocycles. The number of carbonyl (C=O) groups excluding carboxylic acids is 2. The molecular formula is C9H12N2O5. The van der Waals surface area contributed by atoms with E-state index >= 15 is 0 Å². The third-order valence-electron chi connectivity index (χ3n) is 1.31. The molecule has 0 saturated heterocycles. The van der Waals surface area contributed by atoms with E-state index in [1.165, 1.54) is 0 Å². The monoisotopic (exact) mass is 228 g/mol. The first-order chi connectivity index (χ1) is 7.45. The third-order valence-corrected chi connectivity index (χ3v) is 1.31. The van der Waals surface area contributed by atoms with E-state index in [2.05, 4.69) is 16.0 Å². The van der Waals surface area contributed by atoms with Gasteiger partial charge in [0.05, 0.1) is 6.04 Å². The lowest BCUT2D eigenvalue weighted by Gasteiger charge is -2.08. The van der Waals surface area contributed by atoms with E-state index in [1.807, 2.05) is 5.32 Å². The Bertz CT molecular complexity index is 320. The molecule has 0 aromatic rings. The summed E-state index contributed by atoms with van der Waals surface area (Å²) in [5.41, 5.74) is 0. The summed E-state index contributed by atoms with van der Waals surface area (Å²) in [6.45, 7) is 0.449. The molecule has 3 N–H and O–H groups in total. The summed E-state index contributed by atoms with van der Waals surface area (Å²) in [5.74, 6) is 0.292. The van der Waals surface area contributed by atoms with Crippen molar-refractivity contribution in [2.45, 2.75) is 13.0 Å². The molecule has 7 heteroatoms. The molecule has 0 fully saturated rings. The Balaban J connectivity index is 3.75. The first kappa shape index (κ1) is 13.9. The van der Waals surface area contributed by atoms with Crippen molar-refractivity contribution in [1.82, 2.24) is 10.6 Å². The molecule has 0 radical (unpaired) electrons. The van der Waals surface area contributed by atoms with Crippen LogP contribution in [0.2, 0.25) is 0 Å². The second-order valence-electron chi connectivity index (χ2n) is 2.80. The van der Waals surface area contributed by atoms with Gasteiger partial charge in [-0.3, -0.25) is 10.1 Å². The molecule has 1 atom stereocenters. The van der Waals surface area contributed by atoms with Crippen LogP contribution in [0, 0.1) is 12.3 Å². The zero-order valence-electron chi connectivity index (χ0n) is 8.65. The highest BCUT2D eigenvalue weighted by Gasteiger charge is 2.09. The Hall–Kier alpha value is -2.07. The molecule has 16 heavy (non-hydrogen) atoms. The highest BCUT2D eigenvalue weighted by atomic mass is 16.5. The van der Waals surface area contributed by atoms with Gasteiger partial charge in [0.15, 0.2) is 0 Å². The number of carboxylic acids is 1. The molecule has 0 bridgehead atoms. The van der Waals surface area contributed by atoms with E-state index in [1.54, 1.807) is 6.92 Å². The molecular weight excluding hydrogens is 216 g/mol. The maximum Gasteiger partial charge on any atom is 0.329 e. The van der Waals surface area contributed by atoms with Crippen LogP contribution in [-0.4, -0.2) is 42.3 Å². The van der Waals surface area contributed by atoms with Gasteiger partial charge in [0.2, 0.25) is 0 Å². The van der Waals surface area contributed by atoms with Crippen molar-refractivity contribution in [2.75, 3.05) is 13.2 Å². The van der Waals surface area contributed by atoms with Gasteiger partial charge in [-0.15, -0.1) is 6.42 Å². The Kier molecular flexibility index (Phi) is 6.31. The van der Waals surface area contributed by atoms with Crippen LogP contribution in [0.4, 0.5) is 4.79 Å². The molecule has 7 nitrogen and oxygen atoms in total. The van der Waals surface area contributed by atoms with Crippen LogP contribution in [-0.2, 0) is 14.3 Å². The summed E-state index contributed by atoms with van der Waals surface area (Å²) >= 11 is 0. The Morgan fingerprint density at radius 3 is 2.56 bits per heavy atom. The maximum atomic E-state index is 11.0. The molecule has 0 aliphatic rings. The number of urea groups is 1. The minimum Gasteiger partial charge on any atom is -0.480 e. The number of aliphatic carboxylic acids is 1. The Morgan fingerprint density at radius 1 is 1.44 bits per heavy atom. The average molecular weight is 228 g/mol. The summed E-state index contributed by atoms with van der Waals surface area (Å²) in [5, 5.41) is 12.4. The first-order valence-electron chi connectivity index (χ1n) is 4.31. The molecule has 0 rings (SSSR count). The standard InChI is InChI=1S/C9H12N2O5/c1-3-6(2)10-9(15)11-7(12)4-16-5-8(13)14/h1,6H,4-5H2,2H3,(H,13,14)(H2,10,11,12,15).